The third-order valence-electron chi connectivity index (χ3n) is 4.09. The molecular formula is C21H16N2O4. The van der Waals surface area contributed by atoms with E-state index in [9.17, 15) is 9.59 Å². The molecule has 1 aliphatic heterocycles. The number of carbonyl (C=O) groups excluding carboxylic acids is 2. The predicted molar refractivity (Wildman–Crippen MR) is 101 cm³/mol. The molecule has 1 aliphatic rings. The molecule has 0 fully saturated rings. The highest BCUT2D eigenvalue weighted by Crippen LogP contribution is 2.38. The first kappa shape index (κ1) is 16.7. The van der Waals surface area contributed by atoms with Crippen molar-refractivity contribution >= 4 is 23.6 Å². The van der Waals surface area contributed by atoms with Crippen LogP contribution in [-0.2, 0) is 4.74 Å². The summed E-state index contributed by atoms with van der Waals surface area (Å²) in [4.78, 5) is 26.4. The van der Waals surface area contributed by atoms with Crippen LogP contribution in [-0.4, -0.2) is 12.2 Å². The van der Waals surface area contributed by atoms with Crippen molar-refractivity contribution < 1.29 is 19.1 Å². The number of hydrogen-bond donors (Lipinski definition) is 1. The van der Waals surface area contributed by atoms with Gasteiger partial charge in [0.1, 0.15) is 5.75 Å². The number of nitrogens with zero attached hydrogens (tertiary/aromatic N) is 1. The van der Waals surface area contributed by atoms with Crippen molar-refractivity contribution in [2.24, 2.45) is 0 Å². The summed E-state index contributed by atoms with van der Waals surface area (Å²) in [6.45, 7) is 0. The smallest absolute Gasteiger partial charge is 0.420 e. The molecule has 4 rings (SSSR count). The molecule has 0 aromatic heterocycles. The summed E-state index contributed by atoms with van der Waals surface area (Å²) in [6, 6.07) is 24.9. The summed E-state index contributed by atoms with van der Waals surface area (Å²) in [5.41, 5.74) is 1.75. The van der Waals surface area contributed by atoms with E-state index in [-0.39, 0.29) is 0 Å². The number of anilines is 2. The fraction of sp³-hybridized carbons (Fsp3) is 0.0476. The normalized spacial score (nSPS) is 15.5. The Morgan fingerprint density at radius 2 is 1.52 bits per heavy atom. The second-order valence-corrected chi connectivity index (χ2v) is 5.86. The van der Waals surface area contributed by atoms with Gasteiger partial charge in [-0.15, -0.1) is 0 Å². The first-order valence-corrected chi connectivity index (χ1v) is 8.40. The average Bonchev–Trinajstić information content (AvgIpc) is 2.69. The molecule has 0 bridgehead atoms. The Bertz CT molecular complexity index is 960. The molecule has 6 heteroatoms. The molecule has 1 heterocycles. The molecule has 1 N–H and O–H groups in total. The Labute approximate surface area is 155 Å². The van der Waals surface area contributed by atoms with E-state index in [1.54, 1.807) is 72.8 Å². The summed E-state index contributed by atoms with van der Waals surface area (Å²) >= 11 is 0. The monoisotopic (exact) mass is 360 g/mol. The molecule has 0 saturated heterocycles. The molecule has 0 radical (unpaired) electrons. The Morgan fingerprint density at radius 3 is 2.26 bits per heavy atom. The van der Waals surface area contributed by atoms with Gasteiger partial charge in [0.25, 0.3) is 0 Å². The van der Waals surface area contributed by atoms with Crippen LogP contribution in [0.5, 0.6) is 5.75 Å². The number of nitrogens with one attached hydrogen (secondary N) is 1. The van der Waals surface area contributed by atoms with E-state index < -0.39 is 18.4 Å². The minimum absolute atomic E-state index is 0.368. The fourth-order valence-electron chi connectivity index (χ4n) is 2.87. The molecule has 0 saturated carbocycles. The van der Waals surface area contributed by atoms with E-state index in [2.05, 4.69) is 5.32 Å². The van der Waals surface area contributed by atoms with Crippen molar-refractivity contribution in [2.75, 3.05) is 10.2 Å². The zero-order valence-electron chi connectivity index (χ0n) is 14.2. The van der Waals surface area contributed by atoms with E-state index in [4.69, 9.17) is 9.47 Å². The van der Waals surface area contributed by atoms with Gasteiger partial charge in [-0.3, -0.25) is 5.32 Å². The summed E-state index contributed by atoms with van der Waals surface area (Å²) < 4.78 is 11.0. The molecule has 0 aliphatic carbocycles. The molecule has 134 valence electrons. The summed E-state index contributed by atoms with van der Waals surface area (Å²) in [6.07, 6.45) is -2.23. The van der Waals surface area contributed by atoms with Gasteiger partial charge in [-0.25, -0.2) is 14.5 Å². The van der Waals surface area contributed by atoms with Crippen LogP contribution in [0.25, 0.3) is 0 Å². The maximum Gasteiger partial charge on any atom is 0.423 e. The van der Waals surface area contributed by atoms with E-state index >= 15 is 0 Å². The first-order valence-electron chi connectivity index (χ1n) is 8.40. The van der Waals surface area contributed by atoms with Crippen LogP contribution in [0.4, 0.5) is 21.0 Å². The molecule has 3 aromatic rings. The number of benzene rings is 3. The molecular weight excluding hydrogens is 344 g/mol. The fourth-order valence-corrected chi connectivity index (χ4v) is 2.87. The highest BCUT2D eigenvalue weighted by molar-refractivity contribution is 5.93. The Morgan fingerprint density at radius 1 is 0.889 bits per heavy atom. The van der Waals surface area contributed by atoms with Crippen LogP contribution in [0.3, 0.4) is 0 Å². The van der Waals surface area contributed by atoms with Crippen LogP contribution in [0, 0.1) is 0 Å². The van der Waals surface area contributed by atoms with Gasteiger partial charge in [0.05, 0.1) is 11.3 Å². The number of amides is 2. The molecule has 0 unspecified atom stereocenters. The zero-order chi connectivity index (χ0) is 18.6. The van der Waals surface area contributed by atoms with E-state index in [0.29, 0.717) is 22.7 Å². The molecule has 0 spiro atoms. The zero-order valence-corrected chi connectivity index (χ0v) is 14.2. The van der Waals surface area contributed by atoms with Gasteiger partial charge in [-0.2, -0.15) is 0 Å². The second kappa shape index (κ2) is 7.21. The SMILES string of the molecule is O=C(Nc1ccccc1)O[C@H]1c2ccccc2OC(=O)N1c1ccccc1. The molecule has 27 heavy (non-hydrogen) atoms. The molecule has 2 amide bonds. The Hall–Kier alpha value is -3.80. The summed E-state index contributed by atoms with van der Waals surface area (Å²) in [7, 11) is 0. The van der Waals surface area contributed by atoms with Crippen molar-refractivity contribution in [3.8, 4) is 5.75 Å². The standard InChI is InChI=1S/C21H16N2O4/c24-20(22-15-9-3-1-4-10-15)27-19-17-13-7-8-14-18(17)26-21(25)23(19)16-11-5-2-6-12-16/h1-14,19H,(H,22,24)/t19-/m0/s1. The van der Waals surface area contributed by atoms with Gasteiger partial charge in [0.2, 0.25) is 6.23 Å². The average molecular weight is 360 g/mol. The van der Waals surface area contributed by atoms with Crippen molar-refractivity contribution in [2.45, 2.75) is 6.23 Å². The first-order chi connectivity index (χ1) is 13.2. The number of fused-ring (bicyclic) bond motifs is 1. The Balaban J connectivity index is 1.67. The molecule has 1 atom stereocenters. The van der Waals surface area contributed by atoms with Gasteiger partial charge in [-0.1, -0.05) is 48.5 Å². The quantitative estimate of drug-likeness (QED) is 0.717. The third kappa shape index (κ3) is 3.46. The van der Waals surface area contributed by atoms with E-state index in [1.165, 1.54) is 4.90 Å². The number of hydrogen-bond acceptors (Lipinski definition) is 4. The van der Waals surface area contributed by atoms with Crippen molar-refractivity contribution in [3.05, 3.63) is 90.5 Å². The lowest BCUT2D eigenvalue weighted by Gasteiger charge is -2.35. The topological polar surface area (TPSA) is 67.9 Å². The third-order valence-corrected chi connectivity index (χ3v) is 4.09. The lowest BCUT2D eigenvalue weighted by atomic mass is 10.1. The van der Waals surface area contributed by atoms with Gasteiger partial charge >= 0.3 is 12.2 Å². The predicted octanol–water partition coefficient (Wildman–Crippen LogP) is 4.95. The van der Waals surface area contributed by atoms with Gasteiger partial charge in [-0.05, 0) is 36.4 Å². The highest BCUT2D eigenvalue weighted by Gasteiger charge is 2.38. The van der Waals surface area contributed by atoms with Crippen LogP contribution < -0.4 is 15.0 Å². The maximum atomic E-state index is 12.6. The van der Waals surface area contributed by atoms with Crippen molar-refractivity contribution in [1.29, 1.82) is 0 Å². The van der Waals surface area contributed by atoms with Gasteiger partial charge in [0.15, 0.2) is 0 Å². The van der Waals surface area contributed by atoms with Crippen LogP contribution in [0.1, 0.15) is 11.8 Å². The minimum atomic E-state index is -0.950. The Kier molecular flexibility index (Phi) is 4.45. The van der Waals surface area contributed by atoms with Crippen molar-refractivity contribution in [3.63, 3.8) is 0 Å². The number of ether oxygens (including phenoxy) is 2. The van der Waals surface area contributed by atoms with E-state index in [1.807, 2.05) is 12.1 Å². The molecule has 3 aromatic carbocycles. The summed E-state index contributed by atoms with van der Waals surface area (Å²) in [5, 5.41) is 2.67. The van der Waals surface area contributed by atoms with Crippen LogP contribution >= 0.6 is 0 Å². The number of para-hydroxylation sites is 3. The van der Waals surface area contributed by atoms with Crippen molar-refractivity contribution in [1.82, 2.24) is 0 Å². The van der Waals surface area contributed by atoms with E-state index in [0.717, 1.165) is 0 Å². The van der Waals surface area contributed by atoms with Crippen LogP contribution in [0.2, 0.25) is 0 Å². The number of carbonyl (C=O) groups is 2. The van der Waals surface area contributed by atoms with Gasteiger partial charge in [0, 0.05) is 5.69 Å². The lowest BCUT2D eigenvalue weighted by Crippen LogP contribution is -2.43. The minimum Gasteiger partial charge on any atom is -0.420 e. The second-order valence-electron chi connectivity index (χ2n) is 5.86. The number of rotatable bonds is 3. The largest absolute Gasteiger partial charge is 0.423 e. The van der Waals surface area contributed by atoms with Crippen LogP contribution in [0.15, 0.2) is 84.9 Å². The maximum absolute atomic E-state index is 12.6. The lowest BCUT2D eigenvalue weighted by molar-refractivity contribution is 0.0964. The highest BCUT2D eigenvalue weighted by atomic mass is 16.6. The van der Waals surface area contributed by atoms with Gasteiger partial charge < -0.3 is 9.47 Å². The molecule has 6 nitrogen and oxygen atoms in total. The summed E-state index contributed by atoms with van der Waals surface area (Å²) in [5.74, 6) is 0.368.